The van der Waals surface area contributed by atoms with Gasteiger partial charge in [0.25, 0.3) is 11.8 Å². The summed E-state index contributed by atoms with van der Waals surface area (Å²) in [5, 5.41) is 18.3. The van der Waals surface area contributed by atoms with Crippen LogP contribution in [0.1, 0.15) is 39.1 Å². The molecule has 3 aromatic carbocycles. The molecule has 0 unspecified atom stereocenters. The highest BCUT2D eigenvalue weighted by atomic mass is 19.1. The van der Waals surface area contributed by atoms with Gasteiger partial charge >= 0.3 is 0 Å². The molecule has 1 aliphatic heterocycles. The van der Waals surface area contributed by atoms with Crippen molar-refractivity contribution >= 4 is 40.3 Å². The lowest BCUT2D eigenvalue weighted by molar-refractivity contribution is 0.101. The second kappa shape index (κ2) is 11.4. The molecule has 0 bridgehead atoms. The van der Waals surface area contributed by atoms with E-state index in [0.29, 0.717) is 28.2 Å². The molecular weight excluding hydrogens is 497 g/mol. The number of hydrogen-bond acceptors (Lipinski definition) is 5. The third-order valence-corrected chi connectivity index (χ3v) is 6.80. The van der Waals surface area contributed by atoms with Crippen LogP contribution in [0.4, 0.5) is 32.8 Å². The summed E-state index contributed by atoms with van der Waals surface area (Å²) in [5.74, 6) is -1.06. The minimum absolute atomic E-state index is 0.211. The van der Waals surface area contributed by atoms with E-state index in [1.54, 1.807) is 60.9 Å². The summed E-state index contributed by atoms with van der Waals surface area (Å²) in [5.41, 5.74) is 4.76. The number of carbonyl (C=O) groups excluding carboxylic acids is 2. The molecule has 0 radical (unpaired) electrons. The normalized spacial score (nSPS) is 13.7. The van der Waals surface area contributed by atoms with Gasteiger partial charge in [-0.25, -0.2) is 4.39 Å². The van der Waals surface area contributed by atoms with Crippen LogP contribution < -0.4 is 20.9 Å². The largest absolute Gasteiger partial charge is 0.393 e. The first-order valence-corrected chi connectivity index (χ1v) is 12.8. The second-order valence-electron chi connectivity index (χ2n) is 9.62. The molecular formula is C30H30FN5O3. The predicted molar refractivity (Wildman–Crippen MR) is 151 cm³/mol. The van der Waals surface area contributed by atoms with Crippen molar-refractivity contribution in [2.75, 3.05) is 33.9 Å². The summed E-state index contributed by atoms with van der Waals surface area (Å²) >= 11 is 0. The van der Waals surface area contributed by atoms with Gasteiger partial charge in [-0.15, -0.1) is 0 Å². The number of aliphatic hydroxyl groups is 1. The topological polar surface area (TPSA) is 109 Å². The van der Waals surface area contributed by atoms with Crippen LogP contribution >= 0.6 is 0 Å². The minimum Gasteiger partial charge on any atom is -0.393 e. The van der Waals surface area contributed by atoms with E-state index in [1.807, 2.05) is 19.1 Å². The molecule has 0 atom stereocenters. The molecule has 5 N–H and O–H groups in total. The Bertz CT molecular complexity index is 1460. The number of nitrogens with one attached hydrogen (secondary N) is 4. The highest BCUT2D eigenvalue weighted by Crippen LogP contribution is 2.25. The third kappa shape index (κ3) is 6.27. The molecule has 8 nitrogen and oxygen atoms in total. The van der Waals surface area contributed by atoms with E-state index in [4.69, 9.17) is 0 Å². The molecule has 1 aliphatic rings. The molecule has 4 aromatic rings. The van der Waals surface area contributed by atoms with Crippen LogP contribution in [-0.2, 0) is 0 Å². The minimum atomic E-state index is -0.518. The fourth-order valence-corrected chi connectivity index (χ4v) is 4.52. The summed E-state index contributed by atoms with van der Waals surface area (Å²) in [6.07, 6.45) is 4.63. The molecule has 0 saturated carbocycles. The van der Waals surface area contributed by atoms with E-state index < -0.39 is 5.82 Å². The molecule has 200 valence electrons. The molecule has 5 rings (SSSR count). The second-order valence-corrected chi connectivity index (χ2v) is 9.62. The number of H-pyrrole nitrogens is 1. The van der Waals surface area contributed by atoms with Gasteiger partial charge in [0.15, 0.2) is 0 Å². The SMILES string of the molecule is Cc1c[nH]cc1C(=O)Nc1ccc(Nc2ccc(NC(=O)c3ccc(N4CCC(O)CC4)cc3)cc2F)cc1. The van der Waals surface area contributed by atoms with Crippen LogP contribution in [0.2, 0.25) is 0 Å². The number of amides is 2. The number of aromatic nitrogens is 1. The Labute approximate surface area is 225 Å². The number of benzene rings is 3. The third-order valence-electron chi connectivity index (χ3n) is 6.80. The maximum Gasteiger partial charge on any atom is 0.257 e. The van der Waals surface area contributed by atoms with Gasteiger partial charge in [-0.1, -0.05) is 0 Å². The average Bonchev–Trinajstić information content (AvgIpc) is 3.38. The van der Waals surface area contributed by atoms with Gasteiger partial charge in [-0.2, -0.15) is 0 Å². The predicted octanol–water partition coefficient (Wildman–Crippen LogP) is 5.67. The van der Waals surface area contributed by atoms with E-state index in [0.717, 1.165) is 37.2 Å². The Kier molecular flexibility index (Phi) is 7.60. The zero-order chi connectivity index (χ0) is 27.4. The first-order valence-electron chi connectivity index (χ1n) is 12.8. The van der Waals surface area contributed by atoms with Crippen molar-refractivity contribution in [3.8, 4) is 0 Å². The number of carbonyl (C=O) groups is 2. The number of piperidine rings is 1. The number of rotatable bonds is 7. The van der Waals surface area contributed by atoms with Gasteiger partial charge in [0.1, 0.15) is 5.82 Å². The molecule has 39 heavy (non-hydrogen) atoms. The monoisotopic (exact) mass is 527 g/mol. The Morgan fingerprint density at radius 2 is 1.51 bits per heavy atom. The lowest BCUT2D eigenvalue weighted by Crippen LogP contribution is -2.35. The van der Waals surface area contributed by atoms with E-state index in [9.17, 15) is 19.1 Å². The number of anilines is 5. The van der Waals surface area contributed by atoms with E-state index in [2.05, 4.69) is 25.8 Å². The lowest BCUT2D eigenvalue weighted by Gasteiger charge is -2.31. The van der Waals surface area contributed by atoms with E-state index >= 15 is 0 Å². The van der Waals surface area contributed by atoms with Crippen LogP contribution in [0, 0.1) is 12.7 Å². The summed E-state index contributed by atoms with van der Waals surface area (Å²) in [6, 6.07) is 18.7. The van der Waals surface area contributed by atoms with Gasteiger partial charge in [0.05, 0.1) is 17.4 Å². The zero-order valence-electron chi connectivity index (χ0n) is 21.5. The van der Waals surface area contributed by atoms with Crippen LogP contribution in [0.15, 0.2) is 79.1 Å². The Balaban J connectivity index is 1.17. The van der Waals surface area contributed by atoms with Crippen LogP contribution in [-0.4, -0.2) is 41.1 Å². The Hall–Kier alpha value is -4.63. The average molecular weight is 528 g/mol. The van der Waals surface area contributed by atoms with Crippen LogP contribution in [0.5, 0.6) is 0 Å². The van der Waals surface area contributed by atoms with E-state index in [-0.39, 0.29) is 23.6 Å². The molecule has 2 amide bonds. The highest BCUT2D eigenvalue weighted by Gasteiger charge is 2.18. The van der Waals surface area contributed by atoms with Gasteiger partial charge in [0.2, 0.25) is 0 Å². The molecule has 9 heteroatoms. The molecule has 1 aromatic heterocycles. The quantitative estimate of drug-likeness (QED) is 0.213. The van der Waals surface area contributed by atoms with Crippen molar-refractivity contribution < 1.29 is 19.1 Å². The summed E-state index contributed by atoms with van der Waals surface area (Å²) in [7, 11) is 0. The number of aromatic amines is 1. The van der Waals surface area contributed by atoms with Crippen molar-refractivity contribution in [1.82, 2.24) is 4.98 Å². The zero-order valence-corrected chi connectivity index (χ0v) is 21.5. The van der Waals surface area contributed by atoms with Crippen molar-refractivity contribution in [2.45, 2.75) is 25.9 Å². The van der Waals surface area contributed by atoms with Gasteiger partial charge in [-0.3, -0.25) is 9.59 Å². The molecule has 1 fully saturated rings. The standard InChI is InChI=1S/C30H30FN5O3/c1-19-17-32-18-26(19)30(39)34-22-6-4-21(5-7-22)33-28-11-8-23(16-27(28)31)35-29(38)20-2-9-24(10-3-20)36-14-12-25(37)13-15-36/h2-11,16-18,25,32-33,37H,12-15H2,1H3,(H,34,39)(H,35,38). The summed E-state index contributed by atoms with van der Waals surface area (Å²) in [4.78, 5) is 30.2. The maximum atomic E-state index is 14.8. The van der Waals surface area contributed by atoms with Crippen molar-refractivity contribution in [3.05, 3.63) is 102 Å². The fraction of sp³-hybridized carbons (Fsp3) is 0.200. The van der Waals surface area contributed by atoms with Crippen molar-refractivity contribution in [3.63, 3.8) is 0 Å². The maximum absolute atomic E-state index is 14.8. The molecule has 0 aliphatic carbocycles. The number of halogens is 1. The van der Waals surface area contributed by atoms with Crippen molar-refractivity contribution in [1.29, 1.82) is 0 Å². The Morgan fingerprint density at radius 3 is 2.15 bits per heavy atom. The molecule has 2 heterocycles. The van der Waals surface area contributed by atoms with Gasteiger partial charge in [-0.05, 0) is 92.1 Å². The smallest absolute Gasteiger partial charge is 0.257 e. The number of nitrogens with zero attached hydrogens (tertiary/aromatic N) is 1. The van der Waals surface area contributed by atoms with Crippen LogP contribution in [0.25, 0.3) is 0 Å². The molecule has 1 saturated heterocycles. The summed E-state index contributed by atoms with van der Waals surface area (Å²) < 4.78 is 14.8. The fourth-order valence-electron chi connectivity index (χ4n) is 4.52. The van der Waals surface area contributed by atoms with Gasteiger partial charge < -0.3 is 30.9 Å². The number of aliphatic hydroxyl groups excluding tert-OH is 1. The lowest BCUT2D eigenvalue weighted by atomic mass is 10.1. The summed E-state index contributed by atoms with van der Waals surface area (Å²) in [6.45, 7) is 3.41. The van der Waals surface area contributed by atoms with E-state index in [1.165, 1.54) is 6.07 Å². The van der Waals surface area contributed by atoms with Crippen molar-refractivity contribution in [2.24, 2.45) is 0 Å². The number of hydrogen-bond donors (Lipinski definition) is 5. The number of aryl methyl sites for hydroxylation is 1. The first-order chi connectivity index (χ1) is 18.9. The highest BCUT2D eigenvalue weighted by molar-refractivity contribution is 6.05. The van der Waals surface area contributed by atoms with Crippen LogP contribution in [0.3, 0.4) is 0 Å². The first kappa shape index (κ1) is 26.0. The van der Waals surface area contributed by atoms with Gasteiger partial charge in [0, 0.05) is 53.8 Å². The Morgan fingerprint density at radius 1 is 0.872 bits per heavy atom. The molecule has 0 spiro atoms.